The molecule has 24 heavy (non-hydrogen) atoms. The standard InChI is InChI=1S/C20H22N2O2/c1-15-7-9-18(10-8-15)20(24)21-12-17-11-19(23)22(14-17)13-16-5-3-2-4-6-16/h2-10,17H,11-14H2,1H3,(H,21,24). The van der Waals surface area contributed by atoms with Crippen LogP contribution in [0, 0.1) is 12.8 Å². The normalized spacial score (nSPS) is 17.1. The van der Waals surface area contributed by atoms with Gasteiger partial charge in [-0.25, -0.2) is 0 Å². The molecule has 1 heterocycles. The average molecular weight is 322 g/mol. The first kappa shape index (κ1) is 16.2. The van der Waals surface area contributed by atoms with Gasteiger partial charge in [0.05, 0.1) is 0 Å². The Balaban J connectivity index is 1.51. The molecule has 1 aliphatic rings. The maximum atomic E-state index is 12.2. The number of carbonyl (C=O) groups excluding carboxylic acids is 2. The lowest BCUT2D eigenvalue weighted by Gasteiger charge is -2.17. The molecule has 4 nitrogen and oxygen atoms in total. The second-order valence-electron chi connectivity index (χ2n) is 6.41. The van der Waals surface area contributed by atoms with Crippen LogP contribution in [0.15, 0.2) is 54.6 Å². The SMILES string of the molecule is Cc1ccc(C(=O)NCC2CC(=O)N(Cc3ccccc3)C2)cc1. The van der Waals surface area contributed by atoms with E-state index in [2.05, 4.69) is 5.32 Å². The highest BCUT2D eigenvalue weighted by Gasteiger charge is 2.29. The molecule has 0 radical (unpaired) electrons. The van der Waals surface area contributed by atoms with Crippen molar-refractivity contribution >= 4 is 11.8 Å². The summed E-state index contributed by atoms with van der Waals surface area (Å²) in [6, 6.07) is 17.5. The molecule has 1 unspecified atom stereocenters. The number of likely N-dealkylation sites (tertiary alicyclic amines) is 1. The number of hydrogen-bond donors (Lipinski definition) is 1. The molecule has 0 saturated carbocycles. The van der Waals surface area contributed by atoms with Crippen molar-refractivity contribution in [2.24, 2.45) is 5.92 Å². The number of amides is 2. The minimum atomic E-state index is -0.0797. The quantitative estimate of drug-likeness (QED) is 0.920. The second-order valence-corrected chi connectivity index (χ2v) is 6.41. The topological polar surface area (TPSA) is 49.4 Å². The number of aryl methyl sites for hydroxylation is 1. The van der Waals surface area contributed by atoms with Gasteiger partial charge in [-0.1, -0.05) is 48.0 Å². The van der Waals surface area contributed by atoms with Gasteiger partial charge in [0.25, 0.3) is 5.91 Å². The zero-order valence-corrected chi connectivity index (χ0v) is 13.9. The molecule has 124 valence electrons. The van der Waals surface area contributed by atoms with Gasteiger partial charge in [0.15, 0.2) is 0 Å². The molecule has 3 rings (SSSR count). The van der Waals surface area contributed by atoms with Gasteiger partial charge in [0, 0.05) is 37.5 Å². The molecule has 2 amide bonds. The monoisotopic (exact) mass is 322 g/mol. The van der Waals surface area contributed by atoms with E-state index in [4.69, 9.17) is 0 Å². The Morgan fingerprint density at radius 1 is 1.12 bits per heavy atom. The molecule has 1 atom stereocenters. The van der Waals surface area contributed by atoms with Crippen molar-refractivity contribution in [3.05, 3.63) is 71.3 Å². The van der Waals surface area contributed by atoms with Crippen LogP contribution in [0.3, 0.4) is 0 Å². The summed E-state index contributed by atoms with van der Waals surface area (Å²) in [4.78, 5) is 26.2. The lowest BCUT2D eigenvalue weighted by Crippen LogP contribution is -2.31. The Bertz CT molecular complexity index is 710. The van der Waals surface area contributed by atoms with E-state index in [1.807, 2.05) is 66.4 Å². The van der Waals surface area contributed by atoms with Crippen LogP contribution in [0.4, 0.5) is 0 Å². The predicted molar refractivity (Wildman–Crippen MR) is 93.5 cm³/mol. The summed E-state index contributed by atoms with van der Waals surface area (Å²) in [5.74, 6) is 0.257. The van der Waals surface area contributed by atoms with Crippen LogP contribution in [0.2, 0.25) is 0 Å². The molecule has 4 heteroatoms. The Labute approximate surface area is 142 Å². The van der Waals surface area contributed by atoms with Crippen LogP contribution in [-0.4, -0.2) is 29.8 Å². The third-order valence-corrected chi connectivity index (χ3v) is 4.38. The van der Waals surface area contributed by atoms with Crippen molar-refractivity contribution in [3.63, 3.8) is 0 Å². The minimum absolute atomic E-state index is 0.0797. The molecule has 0 bridgehead atoms. The Morgan fingerprint density at radius 2 is 1.83 bits per heavy atom. The van der Waals surface area contributed by atoms with Crippen LogP contribution >= 0.6 is 0 Å². The Morgan fingerprint density at radius 3 is 2.54 bits per heavy atom. The number of hydrogen-bond acceptors (Lipinski definition) is 2. The van der Waals surface area contributed by atoms with Gasteiger partial charge in [0.1, 0.15) is 0 Å². The Kier molecular flexibility index (Phi) is 4.94. The highest BCUT2D eigenvalue weighted by atomic mass is 16.2. The third-order valence-electron chi connectivity index (χ3n) is 4.38. The Hall–Kier alpha value is -2.62. The van der Waals surface area contributed by atoms with Crippen LogP contribution in [0.1, 0.15) is 27.9 Å². The predicted octanol–water partition coefficient (Wildman–Crippen LogP) is 2.77. The van der Waals surface area contributed by atoms with Crippen molar-refractivity contribution in [2.45, 2.75) is 19.9 Å². The summed E-state index contributed by atoms with van der Waals surface area (Å²) in [5, 5.41) is 2.95. The largest absolute Gasteiger partial charge is 0.352 e. The second kappa shape index (κ2) is 7.30. The van der Waals surface area contributed by atoms with Gasteiger partial charge in [-0.2, -0.15) is 0 Å². The van der Waals surface area contributed by atoms with Crippen molar-refractivity contribution in [1.29, 1.82) is 0 Å². The summed E-state index contributed by atoms with van der Waals surface area (Å²) in [6.07, 6.45) is 0.501. The molecule has 0 aliphatic carbocycles. The fourth-order valence-electron chi connectivity index (χ4n) is 2.99. The first-order valence-corrected chi connectivity index (χ1v) is 8.28. The summed E-state index contributed by atoms with van der Waals surface area (Å²) >= 11 is 0. The lowest BCUT2D eigenvalue weighted by molar-refractivity contribution is -0.128. The van der Waals surface area contributed by atoms with E-state index >= 15 is 0 Å². The highest BCUT2D eigenvalue weighted by Crippen LogP contribution is 2.19. The van der Waals surface area contributed by atoms with E-state index in [-0.39, 0.29) is 17.7 Å². The fourth-order valence-corrected chi connectivity index (χ4v) is 2.99. The number of benzene rings is 2. The molecule has 2 aromatic rings. The number of rotatable bonds is 5. The van der Waals surface area contributed by atoms with E-state index in [1.54, 1.807) is 0 Å². The van der Waals surface area contributed by atoms with Crippen LogP contribution in [0.5, 0.6) is 0 Å². The smallest absolute Gasteiger partial charge is 0.251 e. The molecule has 1 aliphatic heterocycles. The summed E-state index contributed by atoms with van der Waals surface area (Å²) in [6.45, 7) is 3.86. The highest BCUT2D eigenvalue weighted by molar-refractivity contribution is 5.94. The third kappa shape index (κ3) is 4.02. The number of nitrogens with zero attached hydrogens (tertiary/aromatic N) is 1. The number of nitrogens with one attached hydrogen (secondary N) is 1. The first-order valence-electron chi connectivity index (χ1n) is 8.28. The van der Waals surface area contributed by atoms with Gasteiger partial charge < -0.3 is 10.2 Å². The summed E-state index contributed by atoms with van der Waals surface area (Å²) < 4.78 is 0. The van der Waals surface area contributed by atoms with E-state index in [9.17, 15) is 9.59 Å². The molecular weight excluding hydrogens is 300 g/mol. The summed E-state index contributed by atoms with van der Waals surface area (Å²) in [7, 11) is 0. The average Bonchev–Trinajstić information content (AvgIpc) is 2.94. The zero-order chi connectivity index (χ0) is 16.9. The molecular formula is C20H22N2O2. The van der Waals surface area contributed by atoms with Crippen molar-refractivity contribution in [3.8, 4) is 0 Å². The van der Waals surface area contributed by atoms with Gasteiger partial charge in [-0.15, -0.1) is 0 Å². The van der Waals surface area contributed by atoms with Gasteiger partial charge in [-0.3, -0.25) is 9.59 Å². The summed E-state index contributed by atoms with van der Waals surface area (Å²) in [5.41, 5.74) is 2.92. The minimum Gasteiger partial charge on any atom is -0.352 e. The molecule has 2 aromatic carbocycles. The van der Waals surface area contributed by atoms with E-state index in [0.717, 1.165) is 11.1 Å². The zero-order valence-electron chi connectivity index (χ0n) is 13.9. The maximum Gasteiger partial charge on any atom is 0.251 e. The van der Waals surface area contributed by atoms with Crippen molar-refractivity contribution < 1.29 is 9.59 Å². The van der Waals surface area contributed by atoms with Crippen LogP contribution in [-0.2, 0) is 11.3 Å². The lowest BCUT2D eigenvalue weighted by atomic mass is 10.1. The maximum absolute atomic E-state index is 12.2. The fraction of sp³-hybridized carbons (Fsp3) is 0.300. The first-order chi connectivity index (χ1) is 11.6. The van der Waals surface area contributed by atoms with E-state index < -0.39 is 0 Å². The van der Waals surface area contributed by atoms with Crippen molar-refractivity contribution in [2.75, 3.05) is 13.1 Å². The van der Waals surface area contributed by atoms with E-state index in [1.165, 1.54) is 0 Å². The van der Waals surface area contributed by atoms with Crippen LogP contribution < -0.4 is 5.32 Å². The van der Waals surface area contributed by atoms with Crippen LogP contribution in [0.25, 0.3) is 0 Å². The van der Waals surface area contributed by atoms with Crippen molar-refractivity contribution in [1.82, 2.24) is 10.2 Å². The van der Waals surface area contributed by atoms with Gasteiger partial charge in [0.2, 0.25) is 5.91 Å². The number of carbonyl (C=O) groups is 2. The van der Waals surface area contributed by atoms with Gasteiger partial charge in [-0.05, 0) is 24.6 Å². The van der Waals surface area contributed by atoms with Gasteiger partial charge >= 0.3 is 0 Å². The molecule has 1 N–H and O–H groups in total. The molecule has 0 spiro atoms. The molecule has 1 saturated heterocycles. The molecule has 1 fully saturated rings. The molecule has 0 aromatic heterocycles. The van der Waals surface area contributed by atoms with E-state index in [0.29, 0.717) is 31.6 Å².